The Morgan fingerprint density at radius 1 is 0.892 bits per heavy atom. The first-order valence-electron chi connectivity index (χ1n) is 12.7. The minimum atomic E-state index is -0.0742. The molecule has 0 saturated carbocycles. The Balaban J connectivity index is 1.18. The van der Waals surface area contributed by atoms with Crippen LogP contribution in [0.2, 0.25) is 0 Å². The van der Waals surface area contributed by atoms with Gasteiger partial charge in [0.2, 0.25) is 5.91 Å². The van der Waals surface area contributed by atoms with Crippen LogP contribution in [-0.4, -0.2) is 80.0 Å². The van der Waals surface area contributed by atoms with E-state index in [2.05, 4.69) is 40.6 Å². The first-order valence-corrected chi connectivity index (χ1v) is 13.6. The Labute approximate surface area is 222 Å². The summed E-state index contributed by atoms with van der Waals surface area (Å²) in [5.74, 6) is 1.24. The van der Waals surface area contributed by atoms with Crippen LogP contribution in [0.25, 0.3) is 0 Å². The van der Waals surface area contributed by atoms with Crippen LogP contribution in [0.3, 0.4) is 0 Å². The second-order valence-electron chi connectivity index (χ2n) is 9.42. The molecule has 194 valence electrons. The maximum atomic E-state index is 13.2. The largest absolute Gasteiger partial charge is 0.497 e. The summed E-state index contributed by atoms with van der Waals surface area (Å²) < 4.78 is 10.6. The predicted molar refractivity (Wildman–Crippen MR) is 145 cm³/mol. The quantitative estimate of drug-likeness (QED) is 0.471. The molecule has 0 radical (unpaired) electrons. The first kappa shape index (κ1) is 25.3. The molecule has 37 heavy (non-hydrogen) atoms. The van der Waals surface area contributed by atoms with Crippen molar-refractivity contribution < 1.29 is 19.1 Å². The second-order valence-corrected chi connectivity index (χ2v) is 10.4. The zero-order valence-electron chi connectivity index (χ0n) is 21.4. The highest BCUT2D eigenvalue weighted by Gasteiger charge is 2.31. The van der Waals surface area contributed by atoms with Gasteiger partial charge in [-0.05, 0) is 41.1 Å². The molecule has 1 fully saturated rings. The van der Waals surface area contributed by atoms with Gasteiger partial charge in [-0.2, -0.15) is 0 Å². The summed E-state index contributed by atoms with van der Waals surface area (Å²) >= 11 is 1.83. The molecule has 8 heteroatoms. The third-order valence-corrected chi connectivity index (χ3v) is 8.31. The van der Waals surface area contributed by atoms with Crippen molar-refractivity contribution in [3.05, 3.63) is 81.5 Å². The number of fused-ring (bicyclic) bond motifs is 1. The molecule has 2 aliphatic heterocycles. The molecular formula is C29H33N3O4S. The molecule has 2 amide bonds. The average Bonchev–Trinajstić information content (AvgIpc) is 3.44. The van der Waals surface area contributed by atoms with Gasteiger partial charge in [0, 0.05) is 62.2 Å². The van der Waals surface area contributed by atoms with Crippen molar-refractivity contribution in [3.63, 3.8) is 0 Å². The molecule has 2 aromatic carbocycles. The molecule has 0 N–H and O–H groups in total. The van der Waals surface area contributed by atoms with E-state index in [1.54, 1.807) is 37.3 Å². The highest BCUT2D eigenvalue weighted by molar-refractivity contribution is 7.10. The SMILES string of the molecule is COc1cc(OC)cc(C(=O)N2CCN(C(=O)CCN3CCc4sccc4[C@H]3c3ccccc3)CC2)c1. The van der Waals surface area contributed by atoms with Crippen molar-refractivity contribution in [3.8, 4) is 11.5 Å². The molecule has 7 nitrogen and oxygen atoms in total. The maximum absolute atomic E-state index is 13.2. The maximum Gasteiger partial charge on any atom is 0.254 e. The van der Waals surface area contributed by atoms with Crippen LogP contribution in [-0.2, 0) is 11.2 Å². The van der Waals surface area contributed by atoms with E-state index in [9.17, 15) is 9.59 Å². The molecule has 1 aromatic heterocycles. The number of ether oxygens (including phenoxy) is 2. The summed E-state index contributed by atoms with van der Waals surface area (Å²) in [5, 5.41) is 2.18. The third kappa shape index (κ3) is 5.50. The molecule has 3 aromatic rings. The number of piperazine rings is 1. The number of benzene rings is 2. The van der Waals surface area contributed by atoms with Gasteiger partial charge in [0.1, 0.15) is 11.5 Å². The molecule has 5 rings (SSSR count). The number of thiophene rings is 1. The lowest BCUT2D eigenvalue weighted by Crippen LogP contribution is -2.51. The lowest BCUT2D eigenvalue weighted by molar-refractivity contribution is -0.133. The van der Waals surface area contributed by atoms with Crippen molar-refractivity contribution in [2.75, 3.05) is 53.5 Å². The van der Waals surface area contributed by atoms with Crippen LogP contribution in [0, 0.1) is 0 Å². The van der Waals surface area contributed by atoms with Crippen LogP contribution in [0.4, 0.5) is 0 Å². The summed E-state index contributed by atoms with van der Waals surface area (Å²) in [7, 11) is 3.14. The van der Waals surface area contributed by atoms with Gasteiger partial charge >= 0.3 is 0 Å². The van der Waals surface area contributed by atoms with E-state index in [4.69, 9.17) is 9.47 Å². The number of carbonyl (C=O) groups excluding carboxylic acids is 2. The summed E-state index contributed by atoms with van der Waals surface area (Å²) in [6, 6.07) is 18.2. The van der Waals surface area contributed by atoms with E-state index in [-0.39, 0.29) is 17.9 Å². The van der Waals surface area contributed by atoms with Crippen molar-refractivity contribution in [2.45, 2.75) is 18.9 Å². The minimum Gasteiger partial charge on any atom is -0.497 e. The minimum absolute atomic E-state index is 0.0742. The van der Waals surface area contributed by atoms with Gasteiger partial charge in [0.15, 0.2) is 0 Å². The lowest BCUT2D eigenvalue weighted by Gasteiger charge is -2.38. The third-order valence-electron chi connectivity index (χ3n) is 7.31. The van der Waals surface area contributed by atoms with Crippen LogP contribution >= 0.6 is 11.3 Å². The summed E-state index contributed by atoms with van der Waals surface area (Å²) in [4.78, 5) is 33.8. The van der Waals surface area contributed by atoms with Gasteiger partial charge in [-0.25, -0.2) is 0 Å². The van der Waals surface area contributed by atoms with Gasteiger partial charge < -0.3 is 19.3 Å². The molecule has 0 spiro atoms. The fraction of sp³-hybridized carbons (Fsp3) is 0.379. The van der Waals surface area contributed by atoms with E-state index in [0.29, 0.717) is 49.7 Å². The molecule has 2 aliphatic rings. The number of rotatable bonds is 7. The Morgan fingerprint density at radius 2 is 1.57 bits per heavy atom. The van der Waals surface area contributed by atoms with E-state index < -0.39 is 0 Å². The van der Waals surface area contributed by atoms with Crippen LogP contribution in [0.5, 0.6) is 11.5 Å². The van der Waals surface area contributed by atoms with E-state index in [0.717, 1.165) is 19.5 Å². The predicted octanol–water partition coefficient (Wildman–Crippen LogP) is 4.09. The summed E-state index contributed by atoms with van der Waals surface area (Å²) in [6.45, 7) is 3.78. The summed E-state index contributed by atoms with van der Waals surface area (Å²) in [6.07, 6.45) is 1.50. The van der Waals surface area contributed by atoms with Gasteiger partial charge in [0.05, 0.1) is 20.3 Å². The first-order chi connectivity index (χ1) is 18.1. The van der Waals surface area contributed by atoms with Crippen molar-refractivity contribution in [1.29, 1.82) is 0 Å². The highest BCUT2D eigenvalue weighted by Crippen LogP contribution is 2.37. The number of methoxy groups -OCH3 is 2. The molecule has 0 aliphatic carbocycles. The second kappa shape index (κ2) is 11.4. The van der Waals surface area contributed by atoms with Crippen molar-refractivity contribution >= 4 is 23.2 Å². The zero-order valence-corrected chi connectivity index (χ0v) is 22.2. The smallest absolute Gasteiger partial charge is 0.254 e. The summed E-state index contributed by atoms with van der Waals surface area (Å²) in [5.41, 5.74) is 3.17. The fourth-order valence-electron chi connectivity index (χ4n) is 5.30. The van der Waals surface area contributed by atoms with E-state index in [1.807, 2.05) is 22.3 Å². The number of hydrogen-bond acceptors (Lipinski definition) is 6. The van der Waals surface area contributed by atoms with Gasteiger partial charge in [-0.15, -0.1) is 11.3 Å². The Morgan fingerprint density at radius 3 is 2.24 bits per heavy atom. The standard InChI is InChI=1S/C29H33N3O4S/c1-35-23-18-22(19-24(20-23)36-2)29(34)32-15-13-30(14-16-32)27(33)9-12-31-11-8-26-25(10-17-37-26)28(31)21-6-4-3-5-7-21/h3-7,10,17-20,28H,8-9,11-16H2,1-2H3/t28-/m1/s1. The van der Waals surface area contributed by atoms with Crippen LogP contribution in [0.15, 0.2) is 60.0 Å². The molecule has 1 saturated heterocycles. The fourth-order valence-corrected chi connectivity index (χ4v) is 6.21. The number of amides is 2. The Bertz CT molecular complexity index is 1210. The zero-order chi connectivity index (χ0) is 25.8. The Hall–Kier alpha value is -3.36. The van der Waals surface area contributed by atoms with Gasteiger partial charge in [-0.1, -0.05) is 30.3 Å². The molecule has 3 heterocycles. The Kier molecular flexibility index (Phi) is 7.76. The molecule has 0 unspecified atom stereocenters. The van der Waals surface area contributed by atoms with Crippen molar-refractivity contribution in [2.24, 2.45) is 0 Å². The van der Waals surface area contributed by atoms with E-state index in [1.165, 1.54) is 16.0 Å². The molecule has 1 atom stereocenters. The topological polar surface area (TPSA) is 62.3 Å². The highest BCUT2D eigenvalue weighted by atomic mass is 32.1. The number of hydrogen-bond donors (Lipinski definition) is 0. The monoisotopic (exact) mass is 519 g/mol. The van der Waals surface area contributed by atoms with Crippen molar-refractivity contribution in [1.82, 2.24) is 14.7 Å². The van der Waals surface area contributed by atoms with Gasteiger partial charge in [0.25, 0.3) is 5.91 Å². The number of nitrogens with zero attached hydrogens (tertiary/aromatic N) is 3. The molecular weight excluding hydrogens is 486 g/mol. The van der Waals surface area contributed by atoms with Gasteiger partial charge in [-0.3, -0.25) is 14.5 Å². The van der Waals surface area contributed by atoms with E-state index >= 15 is 0 Å². The van der Waals surface area contributed by atoms with Crippen LogP contribution < -0.4 is 9.47 Å². The van der Waals surface area contributed by atoms with Crippen LogP contribution in [0.1, 0.15) is 38.8 Å². The normalized spacial score (nSPS) is 17.8. The molecule has 0 bridgehead atoms. The number of carbonyl (C=O) groups is 2. The average molecular weight is 520 g/mol. The lowest BCUT2D eigenvalue weighted by atomic mass is 9.93.